The van der Waals surface area contributed by atoms with Crippen LogP contribution in [0.25, 0.3) is 11.3 Å². The van der Waals surface area contributed by atoms with Gasteiger partial charge in [-0.25, -0.2) is 14.1 Å². The highest BCUT2D eigenvalue weighted by atomic mass is 32.2. The molecule has 0 radical (unpaired) electrons. The maximum absolute atomic E-state index is 14.5. The molecule has 5 rings (SSSR count). The summed E-state index contributed by atoms with van der Waals surface area (Å²) >= 11 is 0. The molecule has 0 unspecified atom stereocenters. The molecule has 1 amide bonds. The summed E-state index contributed by atoms with van der Waals surface area (Å²) < 4.78 is 47.7. The van der Waals surface area contributed by atoms with Crippen molar-refractivity contribution in [2.24, 2.45) is 5.92 Å². The zero-order chi connectivity index (χ0) is 26.2. The number of sulfonamides is 1. The highest BCUT2D eigenvalue weighted by Crippen LogP contribution is 2.48. The van der Waals surface area contributed by atoms with Crippen LogP contribution in [0.1, 0.15) is 59.2 Å². The Hall–Kier alpha value is -3.47. The monoisotopic (exact) mass is 531 g/mol. The van der Waals surface area contributed by atoms with Gasteiger partial charge in [-0.3, -0.25) is 9.89 Å². The van der Waals surface area contributed by atoms with Crippen molar-refractivity contribution in [2.75, 3.05) is 18.1 Å². The smallest absolute Gasteiger partial charge is 0.281 e. The van der Waals surface area contributed by atoms with Gasteiger partial charge < -0.3 is 9.64 Å². The summed E-state index contributed by atoms with van der Waals surface area (Å²) in [6.07, 6.45) is 6.29. The number of nitrogens with zero attached hydrogens (tertiary/aromatic N) is 3. The van der Waals surface area contributed by atoms with Gasteiger partial charge in [-0.1, -0.05) is 13.8 Å². The quantitative estimate of drug-likeness (QED) is 0.430. The predicted octanol–water partition coefficient (Wildman–Crippen LogP) is 4.78. The lowest BCUT2D eigenvalue weighted by molar-refractivity contribution is 0.0981. The normalized spacial score (nSPS) is 16.7. The second-order valence-electron chi connectivity index (χ2n) is 10.1. The molecule has 1 saturated heterocycles. The number of hydrogen-bond acceptors (Lipinski definition) is 7. The Kier molecular flexibility index (Phi) is 6.65. The van der Waals surface area contributed by atoms with Gasteiger partial charge in [-0.15, -0.1) is 0 Å². The van der Waals surface area contributed by atoms with Crippen molar-refractivity contribution in [1.29, 1.82) is 0 Å². The SMILES string of the molecule is CC(C)COc1cc(F)cc(-c2ccc(C(=O)NS(=O)(=O)c3ccn[nH]3)c(N3CCCC34CCC4)n2)c1.[HH].[HH]. The number of anilines is 1. The predicted molar refractivity (Wildman–Crippen MR) is 141 cm³/mol. The average Bonchev–Trinajstić information content (AvgIpc) is 3.52. The molecule has 2 aromatic heterocycles. The number of aromatic amines is 1. The lowest BCUT2D eigenvalue weighted by atomic mass is 9.75. The number of amides is 1. The van der Waals surface area contributed by atoms with E-state index in [1.807, 2.05) is 13.8 Å². The van der Waals surface area contributed by atoms with E-state index in [-0.39, 0.29) is 24.9 Å². The first-order valence-electron chi connectivity index (χ1n) is 12.5. The van der Waals surface area contributed by atoms with Crippen molar-refractivity contribution in [2.45, 2.75) is 56.5 Å². The molecule has 2 fully saturated rings. The van der Waals surface area contributed by atoms with E-state index in [2.05, 4.69) is 19.8 Å². The number of rotatable bonds is 8. The maximum Gasteiger partial charge on any atom is 0.281 e. The number of benzene rings is 1. The first kappa shape index (κ1) is 25.2. The molecule has 1 aromatic carbocycles. The second kappa shape index (κ2) is 9.77. The summed E-state index contributed by atoms with van der Waals surface area (Å²) in [6, 6.07) is 8.86. The van der Waals surface area contributed by atoms with Gasteiger partial charge in [0.25, 0.3) is 15.9 Å². The fraction of sp³-hybridized carbons (Fsp3) is 0.423. The molecular weight excluding hydrogens is 497 g/mol. The Morgan fingerprint density at radius 1 is 1.22 bits per heavy atom. The summed E-state index contributed by atoms with van der Waals surface area (Å²) in [5, 5.41) is 5.81. The lowest BCUT2D eigenvalue weighted by Gasteiger charge is -2.47. The van der Waals surface area contributed by atoms with Gasteiger partial charge in [0.15, 0.2) is 5.03 Å². The molecule has 37 heavy (non-hydrogen) atoms. The minimum Gasteiger partial charge on any atom is -0.493 e. The molecular formula is C26H34FN5O4S. The summed E-state index contributed by atoms with van der Waals surface area (Å²) in [5.74, 6) is -0.160. The molecule has 2 aliphatic rings. The van der Waals surface area contributed by atoms with Crippen molar-refractivity contribution < 1.29 is 25.2 Å². The number of H-pyrrole nitrogens is 1. The second-order valence-corrected chi connectivity index (χ2v) is 11.8. The largest absolute Gasteiger partial charge is 0.493 e. The molecule has 1 spiro atoms. The van der Waals surface area contributed by atoms with Gasteiger partial charge >= 0.3 is 0 Å². The molecule has 1 saturated carbocycles. The van der Waals surface area contributed by atoms with Crippen molar-refractivity contribution in [3.05, 3.63) is 54.0 Å². The van der Waals surface area contributed by atoms with Gasteiger partial charge in [0.1, 0.15) is 17.4 Å². The number of pyridine rings is 1. The maximum atomic E-state index is 14.5. The first-order chi connectivity index (χ1) is 17.7. The van der Waals surface area contributed by atoms with Crippen LogP contribution in [0.2, 0.25) is 0 Å². The van der Waals surface area contributed by atoms with Crippen LogP contribution in [-0.2, 0) is 10.0 Å². The molecule has 1 aliphatic heterocycles. The van der Waals surface area contributed by atoms with Crippen LogP contribution in [0.4, 0.5) is 10.2 Å². The lowest BCUT2D eigenvalue weighted by Crippen LogP contribution is -2.50. The van der Waals surface area contributed by atoms with Crippen LogP contribution in [0, 0.1) is 11.7 Å². The molecule has 2 N–H and O–H groups in total. The summed E-state index contributed by atoms with van der Waals surface area (Å²) in [5.41, 5.74) is 1.04. The summed E-state index contributed by atoms with van der Waals surface area (Å²) in [6.45, 7) is 5.17. The summed E-state index contributed by atoms with van der Waals surface area (Å²) in [7, 11) is -4.14. The molecule has 200 valence electrons. The molecule has 9 nitrogen and oxygen atoms in total. The Morgan fingerprint density at radius 3 is 2.68 bits per heavy atom. The number of halogens is 1. The van der Waals surface area contributed by atoms with Gasteiger partial charge in [-0.2, -0.15) is 13.5 Å². The van der Waals surface area contributed by atoms with Gasteiger partial charge in [0.05, 0.1) is 24.1 Å². The Bertz CT molecular complexity index is 1420. The summed E-state index contributed by atoms with van der Waals surface area (Å²) in [4.78, 5) is 20.2. The standard InChI is InChI=1S/C26H30FN5O4S.2H2/c1-17(2)16-36-20-14-18(13-19(27)15-20)22-6-5-21(25(33)31-37(34,35)23-7-11-28-30-23)24(29-22)32-12-4-10-26(32)8-3-9-26;;/h5-7,11,13-15,17H,3-4,8-10,12,16H2,1-2H3,(H,28,30)(H,31,33);2*1H. The third kappa shape index (κ3) is 5.04. The minimum atomic E-state index is -4.14. The molecule has 1 aliphatic carbocycles. The van der Waals surface area contributed by atoms with E-state index < -0.39 is 21.7 Å². The van der Waals surface area contributed by atoms with Crippen LogP contribution < -0.4 is 14.4 Å². The highest BCUT2D eigenvalue weighted by Gasteiger charge is 2.47. The number of hydrogen-bond donors (Lipinski definition) is 2. The van der Waals surface area contributed by atoms with Crippen LogP contribution in [0.3, 0.4) is 0 Å². The molecule has 0 atom stereocenters. The fourth-order valence-electron chi connectivity index (χ4n) is 5.05. The van der Waals surface area contributed by atoms with E-state index >= 15 is 0 Å². The van der Waals surface area contributed by atoms with Crippen LogP contribution in [0.5, 0.6) is 5.75 Å². The average molecular weight is 532 g/mol. The van der Waals surface area contributed by atoms with E-state index in [0.717, 1.165) is 32.1 Å². The van der Waals surface area contributed by atoms with Crippen LogP contribution in [-0.4, -0.2) is 48.2 Å². The first-order valence-corrected chi connectivity index (χ1v) is 13.9. The zero-order valence-corrected chi connectivity index (χ0v) is 21.6. The van der Waals surface area contributed by atoms with Crippen LogP contribution in [0.15, 0.2) is 47.6 Å². The van der Waals surface area contributed by atoms with Crippen molar-refractivity contribution in [3.8, 4) is 17.0 Å². The van der Waals surface area contributed by atoms with Gasteiger partial charge in [0, 0.05) is 26.6 Å². The topological polar surface area (TPSA) is 117 Å². The number of aromatic nitrogens is 3. The third-order valence-corrected chi connectivity index (χ3v) is 8.26. The van der Waals surface area contributed by atoms with E-state index in [1.54, 1.807) is 18.2 Å². The van der Waals surface area contributed by atoms with Crippen molar-refractivity contribution in [3.63, 3.8) is 0 Å². The minimum absolute atomic E-state index is 0. The molecule has 11 heteroatoms. The Morgan fingerprint density at radius 2 is 2.00 bits per heavy atom. The van der Waals surface area contributed by atoms with Crippen molar-refractivity contribution >= 4 is 21.7 Å². The number of carbonyl (C=O) groups is 1. The van der Waals surface area contributed by atoms with E-state index in [4.69, 9.17) is 9.72 Å². The number of ether oxygens (including phenoxy) is 1. The third-order valence-electron chi connectivity index (χ3n) is 7.00. The molecule has 3 aromatic rings. The number of nitrogens with one attached hydrogen (secondary N) is 2. The molecule has 0 bridgehead atoms. The fourth-order valence-corrected chi connectivity index (χ4v) is 5.92. The Balaban J connectivity index is 0.00000210. The molecule has 3 heterocycles. The van der Waals surface area contributed by atoms with E-state index in [0.29, 0.717) is 36.0 Å². The van der Waals surface area contributed by atoms with Crippen molar-refractivity contribution in [1.82, 2.24) is 19.9 Å². The number of carbonyl (C=O) groups excluding carboxylic acids is 1. The van der Waals surface area contributed by atoms with Gasteiger partial charge in [-0.05, 0) is 68.4 Å². The van der Waals surface area contributed by atoms with Crippen LogP contribution >= 0.6 is 0 Å². The zero-order valence-electron chi connectivity index (χ0n) is 20.8. The highest BCUT2D eigenvalue weighted by molar-refractivity contribution is 7.90. The van der Waals surface area contributed by atoms with E-state index in [1.165, 1.54) is 24.4 Å². The van der Waals surface area contributed by atoms with Gasteiger partial charge in [0.2, 0.25) is 0 Å². The van der Waals surface area contributed by atoms with E-state index in [9.17, 15) is 17.6 Å². The Labute approximate surface area is 218 Å².